The molecule has 0 fully saturated rings. The smallest absolute Gasteiger partial charge is 0.468 e. The highest BCUT2D eigenvalue weighted by atomic mass is 19.3. The molecule has 0 bridgehead atoms. The van der Waals surface area contributed by atoms with Gasteiger partial charge in [-0.15, -0.1) is 0 Å². The Bertz CT molecular complexity index is 2770. The summed E-state index contributed by atoms with van der Waals surface area (Å²) in [7, 11) is 1.49. The predicted octanol–water partition coefficient (Wildman–Crippen LogP) is 15.1. The van der Waals surface area contributed by atoms with Gasteiger partial charge >= 0.3 is 24.7 Å². The number of methoxy groups -OCH3 is 1. The molecular formula is C52H40F6N2O4. The van der Waals surface area contributed by atoms with Crippen LogP contribution in [0.1, 0.15) is 6.92 Å². The molecule has 0 heterocycles. The van der Waals surface area contributed by atoms with Crippen molar-refractivity contribution in [3.8, 4) is 34.1 Å². The van der Waals surface area contributed by atoms with Crippen molar-refractivity contribution in [3.63, 3.8) is 0 Å². The lowest BCUT2D eigenvalue weighted by molar-refractivity contribution is -0.267. The Labute approximate surface area is 366 Å². The average molecular weight is 871 g/mol. The van der Waals surface area contributed by atoms with Gasteiger partial charge in [-0.25, -0.2) is 0 Å². The van der Waals surface area contributed by atoms with Crippen LogP contribution in [0.5, 0.6) is 23.0 Å². The van der Waals surface area contributed by atoms with E-state index in [0.29, 0.717) is 29.4 Å². The molecule has 0 spiro atoms. The number of halogens is 6. The summed E-state index contributed by atoms with van der Waals surface area (Å²) >= 11 is 0. The highest BCUT2D eigenvalue weighted by molar-refractivity contribution is 5.85. The van der Waals surface area contributed by atoms with Gasteiger partial charge in [-0.2, -0.15) is 26.3 Å². The van der Waals surface area contributed by atoms with E-state index in [2.05, 4.69) is 0 Å². The van der Waals surface area contributed by atoms with Crippen LogP contribution in [-0.2, 0) is 0 Å². The van der Waals surface area contributed by atoms with E-state index in [1.165, 1.54) is 43.5 Å². The second kappa shape index (κ2) is 18.4. The van der Waals surface area contributed by atoms with Gasteiger partial charge in [0.15, 0.2) is 0 Å². The molecule has 0 aliphatic carbocycles. The van der Waals surface area contributed by atoms with E-state index < -0.39 is 24.7 Å². The summed E-state index contributed by atoms with van der Waals surface area (Å²) in [6, 6.07) is 56.7. The number of rotatable bonds is 16. The molecule has 8 aromatic carbocycles. The van der Waals surface area contributed by atoms with E-state index >= 15 is 13.2 Å². The summed E-state index contributed by atoms with van der Waals surface area (Å²) in [4.78, 5) is 3.94. The molecule has 2 unspecified atom stereocenters. The van der Waals surface area contributed by atoms with Gasteiger partial charge < -0.3 is 28.7 Å². The van der Waals surface area contributed by atoms with Gasteiger partial charge in [-0.05, 0) is 143 Å². The van der Waals surface area contributed by atoms with Gasteiger partial charge in [-0.1, -0.05) is 72.8 Å². The molecule has 12 heteroatoms. The number of alkyl halides is 6. The van der Waals surface area contributed by atoms with Gasteiger partial charge in [-0.3, -0.25) is 0 Å². The molecule has 0 aromatic heterocycles. The largest absolute Gasteiger partial charge is 0.497 e. The highest BCUT2D eigenvalue weighted by Crippen LogP contribution is 2.40. The molecule has 8 aromatic rings. The first-order valence-electron chi connectivity index (χ1n) is 20.1. The van der Waals surface area contributed by atoms with Crippen LogP contribution in [0.25, 0.3) is 21.9 Å². The molecule has 6 nitrogen and oxygen atoms in total. The zero-order valence-corrected chi connectivity index (χ0v) is 34.4. The summed E-state index contributed by atoms with van der Waals surface area (Å²) in [6.45, 7) is 0.462. The maximum atomic E-state index is 15.1. The molecule has 324 valence electrons. The molecule has 8 rings (SSSR count). The van der Waals surface area contributed by atoms with E-state index in [1.54, 1.807) is 48.5 Å². The topological polar surface area (TPSA) is 43.4 Å². The molecule has 0 N–H and O–H groups in total. The van der Waals surface area contributed by atoms with Crippen LogP contribution >= 0.6 is 0 Å². The molecule has 0 radical (unpaired) electrons. The van der Waals surface area contributed by atoms with Crippen molar-refractivity contribution in [2.75, 3.05) is 16.9 Å². The fraction of sp³-hybridized carbons (Fsp3) is 0.115. The van der Waals surface area contributed by atoms with Crippen LogP contribution < -0.4 is 28.7 Å². The molecule has 0 aliphatic rings. The highest BCUT2D eigenvalue weighted by Gasteiger charge is 2.46. The summed E-state index contributed by atoms with van der Waals surface area (Å²) in [6.07, 6.45) is -10.2. The number of anilines is 6. The Kier molecular flexibility index (Phi) is 12.4. The van der Waals surface area contributed by atoms with E-state index in [4.69, 9.17) is 18.9 Å². The standard InChI is InChI=1S/C52H40F6N2O4/c1-51(55,56)49(53)62-45-29-23-43(24-30-45)59(39-9-5-3-6-10-39)41-19-13-35(14-20-41)36-15-21-42(22-16-36)60(40-11-7-4-8-12-40)44-25-31-46(32-26-44)63-50(54)52(57,58)64-48-28-18-37-17-27-47(61-2)33-38(37)34-48/h3-34,49-50H,1-2H3. The van der Waals surface area contributed by atoms with Crippen LogP contribution in [0.3, 0.4) is 0 Å². The third-order valence-corrected chi connectivity index (χ3v) is 10.2. The summed E-state index contributed by atoms with van der Waals surface area (Å²) in [5, 5.41) is 1.35. The zero-order chi connectivity index (χ0) is 44.8. The molecule has 0 saturated heterocycles. The molecule has 64 heavy (non-hydrogen) atoms. The Hall–Kier alpha value is -7.60. The molecule has 2 atom stereocenters. The van der Waals surface area contributed by atoms with Crippen molar-refractivity contribution < 1.29 is 45.3 Å². The number of hydrogen-bond acceptors (Lipinski definition) is 6. The third kappa shape index (κ3) is 9.86. The first kappa shape index (κ1) is 43.1. The monoisotopic (exact) mass is 870 g/mol. The summed E-state index contributed by atoms with van der Waals surface area (Å²) in [5.41, 5.74) is 6.48. The SMILES string of the molecule is COc1ccc2ccc(OC(F)(F)C(F)Oc3ccc(N(c4ccccc4)c4ccc(-c5ccc(N(c6ccccc6)c6ccc(OC(F)C(C)(F)F)cc6)cc5)cc4)cc3)cc2c1. The van der Waals surface area contributed by atoms with Gasteiger partial charge in [0, 0.05) is 41.0 Å². The fourth-order valence-electron chi connectivity index (χ4n) is 7.01. The normalized spacial score (nSPS) is 12.6. The van der Waals surface area contributed by atoms with Gasteiger partial charge in [0.25, 0.3) is 0 Å². The van der Waals surface area contributed by atoms with Crippen LogP contribution in [0, 0.1) is 0 Å². The first-order chi connectivity index (χ1) is 30.8. The Morgan fingerprint density at radius 2 is 0.766 bits per heavy atom. The number of ether oxygens (including phenoxy) is 4. The van der Waals surface area contributed by atoms with Gasteiger partial charge in [0.05, 0.1) is 7.11 Å². The second-order valence-corrected chi connectivity index (χ2v) is 14.8. The third-order valence-electron chi connectivity index (χ3n) is 10.2. The van der Waals surface area contributed by atoms with E-state index in [0.717, 1.165) is 39.3 Å². The minimum Gasteiger partial charge on any atom is -0.497 e. The Morgan fingerprint density at radius 1 is 0.406 bits per heavy atom. The van der Waals surface area contributed by atoms with Crippen molar-refractivity contribution in [3.05, 3.63) is 194 Å². The average Bonchev–Trinajstić information content (AvgIpc) is 3.31. The number of hydrogen-bond donors (Lipinski definition) is 0. The summed E-state index contributed by atoms with van der Waals surface area (Å²) < 4.78 is 106. The number of nitrogens with zero attached hydrogens (tertiary/aromatic N) is 2. The number of para-hydroxylation sites is 2. The predicted molar refractivity (Wildman–Crippen MR) is 239 cm³/mol. The van der Waals surface area contributed by atoms with Crippen molar-refractivity contribution in [2.24, 2.45) is 0 Å². The van der Waals surface area contributed by atoms with Crippen LogP contribution in [-0.4, -0.2) is 31.9 Å². The molecule has 0 saturated carbocycles. The minimum atomic E-state index is -4.31. The quantitative estimate of drug-likeness (QED) is 0.0902. The second-order valence-electron chi connectivity index (χ2n) is 14.8. The lowest BCUT2D eigenvalue weighted by Gasteiger charge is -2.26. The Morgan fingerprint density at radius 3 is 1.19 bits per heavy atom. The first-order valence-corrected chi connectivity index (χ1v) is 20.1. The van der Waals surface area contributed by atoms with E-state index in [-0.39, 0.29) is 17.2 Å². The van der Waals surface area contributed by atoms with Crippen molar-refractivity contribution in [1.82, 2.24) is 0 Å². The molecule has 0 aliphatic heterocycles. The maximum Gasteiger partial charge on any atom is 0.468 e. The lowest BCUT2D eigenvalue weighted by Crippen LogP contribution is -2.40. The van der Waals surface area contributed by atoms with Gasteiger partial charge in [0.1, 0.15) is 23.0 Å². The van der Waals surface area contributed by atoms with E-state index in [9.17, 15) is 13.2 Å². The van der Waals surface area contributed by atoms with E-state index in [1.807, 2.05) is 119 Å². The number of fused-ring (bicyclic) bond motifs is 1. The lowest BCUT2D eigenvalue weighted by atomic mass is 10.0. The van der Waals surface area contributed by atoms with Crippen LogP contribution in [0.15, 0.2) is 194 Å². The fourth-order valence-corrected chi connectivity index (χ4v) is 7.01. The summed E-state index contributed by atoms with van der Waals surface area (Å²) in [5.74, 6) is -3.50. The van der Waals surface area contributed by atoms with Gasteiger partial charge in [0.2, 0.25) is 0 Å². The Balaban J connectivity index is 0.983. The van der Waals surface area contributed by atoms with Crippen molar-refractivity contribution in [1.29, 1.82) is 0 Å². The number of benzene rings is 8. The van der Waals surface area contributed by atoms with Crippen molar-refractivity contribution >= 4 is 44.9 Å². The van der Waals surface area contributed by atoms with Crippen molar-refractivity contribution in [2.45, 2.75) is 31.7 Å². The molecular weight excluding hydrogens is 831 g/mol. The van der Waals surface area contributed by atoms with Crippen LogP contribution in [0.2, 0.25) is 0 Å². The zero-order valence-electron chi connectivity index (χ0n) is 34.4. The van der Waals surface area contributed by atoms with Crippen LogP contribution in [0.4, 0.5) is 60.5 Å². The maximum absolute atomic E-state index is 15.1. The molecule has 0 amide bonds. The minimum absolute atomic E-state index is 0.0268.